The Morgan fingerprint density at radius 2 is 2.26 bits per heavy atom. The van der Waals surface area contributed by atoms with Gasteiger partial charge in [-0.05, 0) is 38.0 Å². The van der Waals surface area contributed by atoms with Crippen LogP contribution in [0.15, 0.2) is 22.7 Å². The average Bonchev–Trinajstić information content (AvgIpc) is 3.13. The zero-order chi connectivity index (χ0) is 14.0. The minimum absolute atomic E-state index is 0.0110. The number of amides is 1. The van der Waals surface area contributed by atoms with E-state index in [1.807, 2.05) is 6.92 Å². The molecule has 1 unspecified atom stereocenters. The molecular weight excluding hydrogens is 311 g/mol. The predicted molar refractivity (Wildman–Crippen MR) is 75.9 cm³/mol. The molecule has 0 heterocycles. The van der Waals surface area contributed by atoms with E-state index in [1.165, 1.54) is 6.07 Å². The monoisotopic (exact) mass is 328 g/mol. The second-order valence-corrected chi connectivity index (χ2v) is 6.09. The zero-order valence-corrected chi connectivity index (χ0v) is 12.5. The molecule has 1 fully saturated rings. The highest BCUT2D eigenvalue weighted by atomic mass is 79.9. The Labute approximate surface area is 121 Å². The fourth-order valence-corrected chi connectivity index (χ4v) is 2.46. The van der Waals surface area contributed by atoms with E-state index >= 15 is 0 Å². The minimum Gasteiger partial charge on any atom is -0.335 e. The third-order valence-corrected chi connectivity index (χ3v) is 3.65. The Kier molecular flexibility index (Phi) is 4.58. The molecule has 0 aliphatic heterocycles. The Morgan fingerprint density at radius 3 is 2.84 bits per heavy atom. The molecule has 1 atom stereocenters. The van der Waals surface area contributed by atoms with Crippen LogP contribution in [0.1, 0.15) is 31.7 Å². The van der Waals surface area contributed by atoms with Crippen LogP contribution in [0.2, 0.25) is 0 Å². The lowest BCUT2D eigenvalue weighted by Crippen LogP contribution is -2.36. The first-order chi connectivity index (χ1) is 8.97. The number of rotatable bonds is 5. The van der Waals surface area contributed by atoms with Gasteiger partial charge in [0.15, 0.2) is 0 Å². The van der Waals surface area contributed by atoms with Gasteiger partial charge in [0.1, 0.15) is 5.82 Å². The molecule has 0 bridgehead atoms. The van der Waals surface area contributed by atoms with Crippen molar-refractivity contribution in [3.63, 3.8) is 0 Å². The maximum Gasteiger partial charge on any atom is 0.224 e. The van der Waals surface area contributed by atoms with Gasteiger partial charge in [-0.15, -0.1) is 0 Å². The Morgan fingerprint density at radius 1 is 1.58 bits per heavy atom. The van der Waals surface area contributed by atoms with Crippen molar-refractivity contribution in [1.29, 1.82) is 0 Å². The van der Waals surface area contributed by atoms with Gasteiger partial charge in [0.2, 0.25) is 5.91 Å². The van der Waals surface area contributed by atoms with Crippen LogP contribution in [0.4, 0.5) is 4.39 Å². The quantitative estimate of drug-likeness (QED) is 0.903. The molecule has 2 N–H and O–H groups in total. The Hall–Kier alpha value is -0.940. The number of carbonyl (C=O) groups excluding carboxylic acids is 1. The smallest absolute Gasteiger partial charge is 0.224 e. The van der Waals surface area contributed by atoms with Crippen molar-refractivity contribution < 1.29 is 9.18 Å². The molecule has 1 amide bonds. The topological polar surface area (TPSA) is 46.3 Å². The van der Waals surface area contributed by atoms with Gasteiger partial charge in [0.05, 0.1) is 0 Å². The van der Waals surface area contributed by atoms with E-state index in [0.29, 0.717) is 18.5 Å². The van der Waals surface area contributed by atoms with E-state index in [1.54, 1.807) is 17.0 Å². The van der Waals surface area contributed by atoms with E-state index in [4.69, 9.17) is 5.73 Å². The second kappa shape index (κ2) is 6.01. The molecule has 2 rings (SSSR count). The van der Waals surface area contributed by atoms with Crippen LogP contribution in [0.25, 0.3) is 0 Å². The van der Waals surface area contributed by atoms with Crippen molar-refractivity contribution in [3.05, 3.63) is 34.1 Å². The standard InChI is InChI=1S/C14H18BrFN2O/c1-9(17)6-14(19)18(12-3-4-12)8-10-7-11(15)2-5-13(10)16/h2,5,7,9,12H,3-4,6,8,17H2,1H3. The van der Waals surface area contributed by atoms with Crippen LogP contribution < -0.4 is 5.73 Å². The van der Waals surface area contributed by atoms with Gasteiger partial charge < -0.3 is 10.6 Å². The molecule has 1 aromatic carbocycles. The molecule has 0 spiro atoms. The molecule has 1 aliphatic carbocycles. The van der Waals surface area contributed by atoms with Crippen LogP contribution in [0.5, 0.6) is 0 Å². The van der Waals surface area contributed by atoms with E-state index in [9.17, 15) is 9.18 Å². The second-order valence-electron chi connectivity index (χ2n) is 5.17. The van der Waals surface area contributed by atoms with Gasteiger partial charge in [-0.3, -0.25) is 4.79 Å². The zero-order valence-electron chi connectivity index (χ0n) is 10.9. The first-order valence-corrected chi connectivity index (χ1v) is 7.25. The molecule has 0 saturated heterocycles. The summed E-state index contributed by atoms with van der Waals surface area (Å²) in [7, 11) is 0. The SMILES string of the molecule is CC(N)CC(=O)N(Cc1cc(Br)ccc1F)C1CC1. The summed E-state index contributed by atoms with van der Waals surface area (Å²) >= 11 is 3.33. The van der Waals surface area contributed by atoms with Crippen molar-refractivity contribution in [2.45, 2.75) is 44.8 Å². The summed E-state index contributed by atoms with van der Waals surface area (Å²) in [6, 6.07) is 4.89. The number of benzene rings is 1. The van der Waals surface area contributed by atoms with Gasteiger partial charge in [-0.2, -0.15) is 0 Å². The van der Waals surface area contributed by atoms with Crippen LogP contribution in [0.3, 0.4) is 0 Å². The largest absolute Gasteiger partial charge is 0.335 e. The lowest BCUT2D eigenvalue weighted by Gasteiger charge is -2.24. The predicted octanol–water partition coefficient (Wildman–Crippen LogP) is 2.82. The van der Waals surface area contributed by atoms with Crippen molar-refractivity contribution in [2.24, 2.45) is 5.73 Å². The van der Waals surface area contributed by atoms with Crippen molar-refractivity contribution in [3.8, 4) is 0 Å². The molecule has 19 heavy (non-hydrogen) atoms. The lowest BCUT2D eigenvalue weighted by molar-refractivity contribution is -0.132. The van der Waals surface area contributed by atoms with Gasteiger partial charge in [-0.25, -0.2) is 4.39 Å². The van der Waals surface area contributed by atoms with E-state index < -0.39 is 0 Å². The summed E-state index contributed by atoms with van der Waals surface area (Å²) < 4.78 is 14.6. The van der Waals surface area contributed by atoms with Crippen LogP contribution in [0, 0.1) is 5.82 Å². The third-order valence-electron chi connectivity index (χ3n) is 3.15. The molecule has 0 radical (unpaired) electrons. The molecule has 1 aliphatic rings. The normalized spacial score (nSPS) is 16.2. The number of hydrogen-bond donors (Lipinski definition) is 1. The maximum absolute atomic E-state index is 13.8. The summed E-state index contributed by atoms with van der Waals surface area (Å²) in [4.78, 5) is 13.9. The summed E-state index contributed by atoms with van der Waals surface area (Å²) in [5, 5.41) is 0. The lowest BCUT2D eigenvalue weighted by atomic mass is 10.1. The molecular formula is C14H18BrFN2O. The first-order valence-electron chi connectivity index (χ1n) is 6.46. The fourth-order valence-electron chi connectivity index (χ4n) is 2.05. The third kappa shape index (κ3) is 4.01. The fraction of sp³-hybridized carbons (Fsp3) is 0.500. The van der Waals surface area contributed by atoms with Gasteiger partial charge >= 0.3 is 0 Å². The number of nitrogens with zero attached hydrogens (tertiary/aromatic N) is 1. The van der Waals surface area contributed by atoms with Crippen LogP contribution in [-0.4, -0.2) is 22.9 Å². The highest BCUT2D eigenvalue weighted by molar-refractivity contribution is 9.10. The Balaban J connectivity index is 2.12. The van der Waals surface area contributed by atoms with Crippen molar-refractivity contribution in [1.82, 2.24) is 4.90 Å². The molecule has 0 aromatic heterocycles. The van der Waals surface area contributed by atoms with Crippen LogP contribution >= 0.6 is 15.9 Å². The maximum atomic E-state index is 13.8. The van der Waals surface area contributed by atoms with Gasteiger partial charge in [0.25, 0.3) is 0 Å². The summed E-state index contributed by atoms with van der Waals surface area (Å²) in [5.41, 5.74) is 6.21. The number of hydrogen-bond acceptors (Lipinski definition) is 2. The average molecular weight is 329 g/mol. The molecule has 1 saturated carbocycles. The van der Waals surface area contributed by atoms with Crippen LogP contribution in [-0.2, 0) is 11.3 Å². The van der Waals surface area contributed by atoms with E-state index in [2.05, 4.69) is 15.9 Å². The number of carbonyl (C=O) groups is 1. The van der Waals surface area contributed by atoms with E-state index in [0.717, 1.165) is 17.3 Å². The van der Waals surface area contributed by atoms with Gasteiger partial charge in [-0.1, -0.05) is 15.9 Å². The molecule has 3 nitrogen and oxygen atoms in total. The first kappa shape index (κ1) is 14.5. The van der Waals surface area contributed by atoms with Crippen molar-refractivity contribution >= 4 is 21.8 Å². The number of nitrogens with two attached hydrogens (primary N) is 1. The van der Waals surface area contributed by atoms with Gasteiger partial charge in [0, 0.05) is 35.1 Å². The summed E-state index contributed by atoms with van der Waals surface area (Å²) in [5.74, 6) is -0.265. The molecule has 104 valence electrons. The van der Waals surface area contributed by atoms with E-state index in [-0.39, 0.29) is 23.8 Å². The van der Waals surface area contributed by atoms with Crippen molar-refractivity contribution in [2.75, 3.05) is 0 Å². The highest BCUT2D eigenvalue weighted by Crippen LogP contribution is 2.30. The summed E-state index contributed by atoms with van der Waals surface area (Å²) in [6.07, 6.45) is 2.31. The highest BCUT2D eigenvalue weighted by Gasteiger charge is 2.33. The molecule has 1 aromatic rings. The Bertz CT molecular complexity index is 475. The minimum atomic E-state index is -0.276. The molecule has 5 heteroatoms. The summed E-state index contributed by atoms with van der Waals surface area (Å²) in [6.45, 7) is 2.13. The number of halogens is 2.